The summed E-state index contributed by atoms with van der Waals surface area (Å²) in [5, 5.41) is 7.73. The van der Waals surface area contributed by atoms with E-state index in [-0.39, 0.29) is 11.8 Å². The van der Waals surface area contributed by atoms with E-state index >= 15 is 0 Å². The molecule has 0 radical (unpaired) electrons. The van der Waals surface area contributed by atoms with Crippen molar-refractivity contribution in [3.05, 3.63) is 36.0 Å². The van der Waals surface area contributed by atoms with Crippen molar-refractivity contribution in [3.63, 3.8) is 0 Å². The summed E-state index contributed by atoms with van der Waals surface area (Å²) in [6.07, 6.45) is 4.81. The summed E-state index contributed by atoms with van der Waals surface area (Å²) < 4.78 is 0. The molecule has 1 fully saturated rings. The molecule has 0 unspecified atom stereocenters. The quantitative estimate of drug-likeness (QED) is 0.806. The zero-order chi connectivity index (χ0) is 14.7. The maximum Gasteiger partial charge on any atom is 0.223 e. The minimum Gasteiger partial charge on any atom is -0.361 e. The Morgan fingerprint density at radius 2 is 2.24 bits per heavy atom. The average Bonchev–Trinajstić information content (AvgIpc) is 2.91. The number of H-pyrrole nitrogens is 1. The highest BCUT2D eigenvalue weighted by Crippen LogP contribution is 2.18. The first-order valence-electron chi connectivity index (χ1n) is 7.80. The molecule has 0 spiro atoms. The summed E-state index contributed by atoms with van der Waals surface area (Å²) in [7, 11) is 0. The predicted molar refractivity (Wildman–Crippen MR) is 85.2 cm³/mol. The lowest BCUT2D eigenvalue weighted by Crippen LogP contribution is -2.42. The highest BCUT2D eigenvalue weighted by atomic mass is 16.1. The van der Waals surface area contributed by atoms with E-state index in [9.17, 15) is 4.79 Å². The lowest BCUT2D eigenvalue weighted by atomic mass is 9.92. The second kappa shape index (κ2) is 6.31. The molecule has 0 aliphatic carbocycles. The van der Waals surface area contributed by atoms with Crippen molar-refractivity contribution in [2.75, 3.05) is 13.1 Å². The van der Waals surface area contributed by atoms with Crippen molar-refractivity contribution in [2.45, 2.75) is 32.2 Å². The number of carbonyl (C=O) groups is 1. The lowest BCUT2D eigenvalue weighted by molar-refractivity contribution is -0.126. The van der Waals surface area contributed by atoms with Gasteiger partial charge >= 0.3 is 0 Å². The number of hydrogen-bond donors (Lipinski definition) is 3. The Balaban J connectivity index is 1.52. The first-order chi connectivity index (χ1) is 10.2. The summed E-state index contributed by atoms with van der Waals surface area (Å²) in [5.74, 6) is 0.382. The zero-order valence-corrected chi connectivity index (χ0v) is 12.5. The first-order valence-corrected chi connectivity index (χ1v) is 7.80. The van der Waals surface area contributed by atoms with Gasteiger partial charge in [-0.25, -0.2) is 0 Å². The van der Waals surface area contributed by atoms with Gasteiger partial charge in [0, 0.05) is 35.6 Å². The van der Waals surface area contributed by atoms with Crippen LogP contribution in [-0.2, 0) is 11.2 Å². The Labute approximate surface area is 125 Å². The molecular formula is C17H23N3O. The molecule has 1 aliphatic heterocycles. The van der Waals surface area contributed by atoms with Gasteiger partial charge in [0.1, 0.15) is 0 Å². The Bertz CT molecular complexity index is 619. The minimum absolute atomic E-state index is 0.171. The second-order valence-electron chi connectivity index (χ2n) is 5.98. The highest BCUT2D eigenvalue weighted by Gasteiger charge is 2.24. The van der Waals surface area contributed by atoms with Crippen molar-refractivity contribution in [1.82, 2.24) is 15.6 Å². The maximum absolute atomic E-state index is 12.2. The summed E-state index contributed by atoms with van der Waals surface area (Å²) in [4.78, 5) is 15.5. The largest absolute Gasteiger partial charge is 0.361 e. The summed E-state index contributed by atoms with van der Waals surface area (Å²) in [5.41, 5.74) is 2.43. The second-order valence-corrected chi connectivity index (χ2v) is 5.98. The van der Waals surface area contributed by atoms with Crippen LogP contribution in [0.15, 0.2) is 30.5 Å². The van der Waals surface area contributed by atoms with Crippen molar-refractivity contribution >= 4 is 16.8 Å². The molecule has 1 amide bonds. The molecule has 0 saturated carbocycles. The van der Waals surface area contributed by atoms with E-state index in [1.165, 1.54) is 10.9 Å². The molecule has 1 aromatic carbocycles. The number of carbonyl (C=O) groups excluding carboxylic acids is 1. The smallest absolute Gasteiger partial charge is 0.223 e. The van der Waals surface area contributed by atoms with E-state index in [0.717, 1.165) is 31.3 Å². The molecule has 21 heavy (non-hydrogen) atoms. The molecule has 3 N–H and O–H groups in total. The van der Waals surface area contributed by atoms with E-state index in [0.29, 0.717) is 12.6 Å². The molecule has 0 bridgehead atoms. The van der Waals surface area contributed by atoms with E-state index in [4.69, 9.17) is 0 Å². The average molecular weight is 285 g/mol. The molecule has 2 aromatic rings. The van der Waals surface area contributed by atoms with Crippen LogP contribution in [0.5, 0.6) is 0 Å². The van der Waals surface area contributed by atoms with Crippen LogP contribution < -0.4 is 10.6 Å². The van der Waals surface area contributed by atoms with Gasteiger partial charge in [0.05, 0.1) is 0 Å². The Hall–Kier alpha value is -1.81. The van der Waals surface area contributed by atoms with Gasteiger partial charge in [-0.2, -0.15) is 0 Å². The highest BCUT2D eigenvalue weighted by molar-refractivity contribution is 5.83. The predicted octanol–water partition coefficient (Wildman–Crippen LogP) is 2.21. The van der Waals surface area contributed by atoms with Crippen molar-refractivity contribution in [1.29, 1.82) is 0 Å². The number of benzene rings is 1. The molecule has 4 heteroatoms. The number of para-hydroxylation sites is 1. The van der Waals surface area contributed by atoms with Crippen molar-refractivity contribution in [2.24, 2.45) is 5.92 Å². The monoisotopic (exact) mass is 285 g/mol. The number of nitrogens with one attached hydrogen (secondary N) is 3. The number of fused-ring (bicyclic) bond motifs is 1. The third-order valence-electron chi connectivity index (χ3n) is 4.36. The summed E-state index contributed by atoms with van der Waals surface area (Å²) in [6, 6.07) is 8.73. The van der Waals surface area contributed by atoms with Crippen LogP contribution in [0.25, 0.3) is 10.9 Å². The van der Waals surface area contributed by atoms with Gasteiger partial charge in [-0.15, -0.1) is 0 Å². The minimum atomic E-state index is 0.171. The van der Waals surface area contributed by atoms with Crippen LogP contribution in [-0.4, -0.2) is 30.0 Å². The lowest BCUT2D eigenvalue weighted by Gasteiger charge is -2.27. The van der Waals surface area contributed by atoms with E-state index < -0.39 is 0 Å². The number of aromatic amines is 1. The first kappa shape index (κ1) is 14.1. The van der Waals surface area contributed by atoms with Gasteiger partial charge in [0.2, 0.25) is 5.91 Å². The van der Waals surface area contributed by atoms with Crippen LogP contribution in [0.3, 0.4) is 0 Å². The Morgan fingerprint density at radius 1 is 1.38 bits per heavy atom. The van der Waals surface area contributed by atoms with Gasteiger partial charge in [0.25, 0.3) is 0 Å². The molecular weight excluding hydrogens is 262 g/mol. The third kappa shape index (κ3) is 3.27. The fraction of sp³-hybridized carbons (Fsp3) is 0.471. The number of amides is 1. The van der Waals surface area contributed by atoms with Crippen LogP contribution in [0.1, 0.15) is 25.3 Å². The van der Waals surface area contributed by atoms with Crippen LogP contribution in [0, 0.1) is 5.92 Å². The van der Waals surface area contributed by atoms with Gasteiger partial charge in [-0.3, -0.25) is 4.79 Å². The maximum atomic E-state index is 12.2. The fourth-order valence-electron chi connectivity index (χ4n) is 3.17. The van der Waals surface area contributed by atoms with E-state index in [1.54, 1.807) is 0 Å². The molecule has 4 nitrogen and oxygen atoms in total. The molecule has 3 rings (SSSR count). The molecule has 1 aliphatic rings. The SMILES string of the molecule is C[C@H]1C[C@@H](C(=O)NCCc2c[nH]c3ccccc23)CCN1. The molecule has 112 valence electrons. The standard InChI is InChI=1S/C17H23N3O/c1-12-10-13(6-8-18-12)17(21)19-9-7-14-11-20-16-5-3-2-4-15(14)16/h2-5,11-13,18,20H,6-10H2,1H3,(H,19,21)/t12-,13-/m0/s1. The number of rotatable bonds is 4. The molecule has 1 saturated heterocycles. The number of piperidine rings is 1. The Morgan fingerprint density at radius 3 is 3.10 bits per heavy atom. The Kier molecular flexibility index (Phi) is 4.25. The fourth-order valence-corrected chi connectivity index (χ4v) is 3.17. The van der Waals surface area contributed by atoms with Crippen molar-refractivity contribution in [3.8, 4) is 0 Å². The van der Waals surface area contributed by atoms with Gasteiger partial charge in [0.15, 0.2) is 0 Å². The normalized spacial score (nSPS) is 22.3. The molecule has 2 atom stereocenters. The van der Waals surface area contributed by atoms with Crippen LogP contribution >= 0.6 is 0 Å². The summed E-state index contributed by atoms with van der Waals surface area (Å²) >= 11 is 0. The van der Waals surface area contributed by atoms with E-state index in [1.807, 2.05) is 12.3 Å². The van der Waals surface area contributed by atoms with E-state index in [2.05, 4.69) is 40.7 Å². The third-order valence-corrected chi connectivity index (χ3v) is 4.36. The molecule has 2 heterocycles. The van der Waals surface area contributed by atoms with Gasteiger partial charge < -0.3 is 15.6 Å². The van der Waals surface area contributed by atoms with Crippen molar-refractivity contribution < 1.29 is 4.79 Å². The topological polar surface area (TPSA) is 56.9 Å². The van der Waals surface area contributed by atoms with Gasteiger partial charge in [-0.1, -0.05) is 18.2 Å². The molecule has 1 aromatic heterocycles. The number of hydrogen-bond acceptors (Lipinski definition) is 2. The van der Waals surface area contributed by atoms with Gasteiger partial charge in [-0.05, 0) is 44.4 Å². The zero-order valence-electron chi connectivity index (χ0n) is 12.5. The summed E-state index contributed by atoms with van der Waals surface area (Å²) in [6.45, 7) is 3.80. The van der Waals surface area contributed by atoms with Crippen LogP contribution in [0.2, 0.25) is 0 Å². The number of aromatic nitrogens is 1. The van der Waals surface area contributed by atoms with Crippen LogP contribution in [0.4, 0.5) is 0 Å².